The Labute approximate surface area is 157 Å². The Hall–Kier alpha value is -3.50. The van der Waals surface area contributed by atoms with Crippen molar-refractivity contribution in [1.82, 2.24) is 30.5 Å². The van der Waals surface area contributed by atoms with Crippen LogP contribution < -0.4 is 10.1 Å². The van der Waals surface area contributed by atoms with Crippen molar-refractivity contribution in [3.8, 4) is 11.6 Å². The Morgan fingerprint density at radius 3 is 2.64 bits per heavy atom. The van der Waals surface area contributed by atoms with Crippen molar-refractivity contribution in [3.05, 3.63) is 60.0 Å². The molecule has 3 rings (SSSR count). The minimum Gasteiger partial charge on any atom is -0.468 e. The lowest BCUT2D eigenvalue weighted by atomic mass is 10.1. The SMILES string of the molecule is O=C(Cc1ccc(-n2cnnn2)cc1)NCc1cccnc1OCC(F)(F)F. The van der Waals surface area contributed by atoms with Crippen LogP contribution in [-0.2, 0) is 17.8 Å². The Kier molecular flexibility index (Phi) is 5.82. The minimum absolute atomic E-state index is 0.00255. The molecular weight excluding hydrogens is 377 g/mol. The second-order valence-electron chi connectivity index (χ2n) is 5.75. The summed E-state index contributed by atoms with van der Waals surface area (Å²) in [6.45, 7) is -1.44. The highest BCUT2D eigenvalue weighted by molar-refractivity contribution is 5.78. The van der Waals surface area contributed by atoms with Gasteiger partial charge >= 0.3 is 6.18 Å². The number of hydrogen-bond donors (Lipinski definition) is 1. The fraction of sp³-hybridized carbons (Fsp3) is 0.235. The van der Waals surface area contributed by atoms with Crippen LogP contribution in [0.4, 0.5) is 13.2 Å². The molecule has 0 saturated heterocycles. The third-order valence-electron chi connectivity index (χ3n) is 3.61. The first kappa shape index (κ1) is 19.3. The van der Waals surface area contributed by atoms with E-state index in [9.17, 15) is 18.0 Å². The molecule has 0 saturated carbocycles. The molecule has 0 unspecified atom stereocenters. The summed E-state index contributed by atoms with van der Waals surface area (Å²) in [6, 6.07) is 10.2. The van der Waals surface area contributed by atoms with Crippen LogP contribution >= 0.6 is 0 Å². The number of hydrogen-bond acceptors (Lipinski definition) is 6. The third-order valence-corrected chi connectivity index (χ3v) is 3.61. The highest BCUT2D eigenvalue weighted by Crippen LogP contribution is 2.20. The lowest BCUT2D eigenvalue weighted by Gasteiger charge is -2.12. The first-order valence-corrected chi connectivity index (χ1v) is 8.13. The number of benzene rings is 1. The number of pyridine rings is 1. The molecule has 146 valence electrons. The number of halogens is 3. The Morgan fingerprint density at radius 2 is 1.96 bits per heavy atom. The maximum atomic E-state index is 12.3. The van der Waals surface area contributed by atoms with Crippen LogP contribution in [-0.4, -0.2) is 43.9 Å². The normalized spacial score (nSPS) is 11.2. The quantitative estimate of drug-likeness (QED) is 0.660. The predicted octanol–water partition coefficient (Wildman–Crippen LogP) is 1.86. The molecule has 0 fully saturated rings. The molecule has 3 aromatic rings. The zero-order valence-corrected chi connectivity index (χ0v) is 14.4. The van der Waals surface area contributed by atoms with Crippen molar-refractivity contribution in [2.45, 2.75) is 19.1 Å². The molecule has 0 atom stereocenters. The molecule has 0 aliphatic carbocycles. The smallest absolute Gasteiger partial charge is 0.422 e. The minimum atomic E-state index is -4.47. The average Bonchev–Trinajstić information content (AvgIpc) is 3.20. The highest BCUT2D eigenvalue weighted by atomic mass is 19.4. The van der Waals surface area contributed by atoms with E-state index in [0.717, 1.165) is 11.3 Å². The van der Waals surface area contributed by atoms with E-state index in [1.807, 2.05) is 0 Å². The molecule has 11 heteroatoms. The van der Waals surface area contributed by atoms with E-state index in [1.54, 1.807) is 36.4 Å². The van der Waals surface area contributed by atoms with E-state index >= 15 is 0 Å². The molecule has 1 aromatic carbocycles. The highest BCUT2D eigenvalue weighted by Gasteiger charge is 2.29. The predicted molar refractivity (Wildman–Crippen MR) is 90.5 cm³/mol. The van der Waals surface area contributed by atoms with Crippen molar-refractivity contribution in [1.29, 1.82) is 0 Å². The Bertz CT molecular complexity index is 913. The topological polar surface area (TPSA) is 94.8 Å². The van der Waals surface area contributed by atoms with Gasteiger partial charge in [0.15, 0.2) is 6.61 Å². The molecule has 1 N–H and O–H groups in total. The van der Waals surface area contributed by atoms with Crippen LogP contribution in [0.2, 0.25) is 0 Å². The van der Waals surface area contributed by atoms with Gasteiger partial charge in [-0.15, -0.1) is 5.10 Å². The van der Waals surface area contributed by atoms with Crippen LogP contribution in [0.5, 0.6) is 5.88 Å². The summed E-state index contributed by atoms with van der Waals surface area (Å²) in [5, 5.41) is 13.5. The second kappa shape index (κ2) is 8.46. The molecule has 28 heavy (non-hydrogen) atoms. The lowest BCUT2D eigenvalue weighted by Crippen LogP contribution is -2.25. The molecule has 8 nitrogen and oxygen atoms in total. The number of carbonyl (C=O) groups is 1. The third kappa shape index (κ3) is 5.50. The first-order valence-electron chi connectivity index (χ1n) is 8.13. The maximum absolute atomic E-state index is 12.3. The van der Waals surface area contributed by atoms with Crippen LogP contribution in [0.25, 0.3) is 5.69 Å². The van der Waals surface area contributed by atoms with Gasteiger partial charge in [0.25, 0.3) is 0 Å². The summed E-state index contributed by atoms with van der Waals surface area (Å²) in [6.07, 6.45) is -1.58. The largest absolute Gasteiger partial charge is 0.468 e. The number of alkyl halides is 3. The van der Waals surface area contributed by atoms with Crippen LogP contribution in [0.1, 0.15) is 11.1 Å². The summed E-state index contributed by atoms with van der Waals surface area (Å²) in [7, 11) is 0. The number of nitrogens with one attached hydrogen (secondary N) is 1. The zero-order chi connectivity index (χ0) is 20.0. The first-order chi connectivity index (χ1) is 13.4. The number of tetrazole rings is 1. The van der Waals surface area contributed by atoms with Gasteiger partial charge in [0.2, 0.25) is 11.8 Å². The van der Waals surface area contributed by atoms with E-state index < -0.39 is 12.8 Å². The van der Waals surface area contributed by atoms with Gasteiger partial charge in [-0.25, -0.2) is 9.67 Å². The Morgan fingerprint density at radius 1 is 1.18 bits per heavy atom. The number of nitrogens with zero attached hydrogens (tertiary/aromatic N) is 5. The fourth-order valence-electron chi connectivity index (χ4n) is 2.33. The lowest BCUT2D eigenvalue weighted by molar-refractivity contribution is -0.154. The molecule has 2 aromatic heterocycles. The van der Waals surface area contributed by atoms with E-state index in [2.05, 4.69) is 25.8 Å². The molecule has 1 amide bonds. The number of amides is 1. The molecule has 2 heterocycles. The van der Waals surface area contributed by atoms with Gasteiger partial charge in [-0.1, -0.05) is 18.2 Å². The maximum Gasteiger partial charge on any atom is 0.422 e. The van der Waals surface area contributed by atoms with Gasteiger partial charge in [0.1, 0.15) is 6.33 Å². The molecule has 0 aliphatic rings. The molecule has 0 bridgehead atoms. The monoisotopic (exact) mass is 392 g/mol. The van der Waals surface area contributed by atoms with Crippen molar-refractivity contribution in [2.24, 2.45) is 0 Å². The fourth-order valence-corrected chi connectivity index (χ4v) is 2.33. The van der Waals surface area contributed by atoms with Gasteiger partial charge in [-0.05, 0) is 34.2 Å². The van der Waals surface area contributed by atoms with E-state index in [0.29, 0.717) is 5.56 Å². The van der Waals surface area contributed by atoms with E-state index in [1.165, 1.54) is 17.2 Å². The van der Waals surface area contributed by atoms with E-state index in [-0.39, 0.29) is 24.8 Å². The second-order valence-corrected chi connectivity index (χ2v) is 5.75. The van der Waals surface area contributed by atoms with Gasteiger partial charge < -0.3 is 10.1 Å². The number of ether oxygens (including phenoxy) is 1. The van der Waals surface area contributed by atoms with Gasteiger partial charge in [-0.3, -0.25) is 4.79 Å². The number of aromatic nitrogens is 5. The van der Waals surface area contributed by atoms with Crippen LogP contribution in [0.15, 0.2) is 48.9 Å². The van der Waals surface area contributed by atoms with Crippen LogP contribution in [0, 0.1) is 0 Å². The molecule has 0 spiro atoms. The van der Waals surface area contributed by atoms with Crippen molar-refractivity contribution < 1.29 is 22.7 Å². The van der Waals surface area contributed by atoms with Gasteiger partial charge in [-0.2, -0.15) is 13.2 Å². The number of rotatable bonds is 7. The van der Waals surface area contributed by atoms with Crippen molar-refractivity contribution in [2.75, 3.05) is 6.61 Å². The van der Waals surface area contributed by atoms with Crippen LogP contribution in [0.3, 0.4) is 0 Å². The molecule has 0 radical (unpaired) electrons. The molecule has 0 aliphatic heterocycles. The summed E-state index contributed by atoms with van der Waals surface area (Å²) < 4.78 is 43.1. The van der Waals surface area contributed by atoms with Crippen molar-refractivity contribution >= 4 is 5.91 Å². The average molecular weight is 392 g/mol. The van der Waals surface area contributed by atoms with Gasteiger partial charge in [0, 0.05) is 18.3 Å². The standard InChI is InChI=1S/C17H15F3N6O2/c18-17(19,20)10-28-16-13(2-1-7-21-16)9-22-15(27)8-12-3-5-14(6-4-12)26-11-23-24-25-26/h1-7,11H,8-10H2,(H,22,27). The summed E-state index contributed by atoms with van der Waals surface area (Å²) in [4.78, 5) is 15.9. The van der Waals surface area contributed by atoms with Gasteiger partial charge in [0.05, 0.1) is 12.1 Å². The summed E-state index contributed by atoms with van der Waals surface area (Å²) >= 11 is 0. The summed E-state index contributed by atoms with van der Waals surface area (Å²) in [5.74, 6) is -0.452. The van der Waals surface area contributed by atoms with Crippen molar-refractivity contribution in [3.63, 3.8) is 0 Å². The Balaban J connectivity index is 1.54. The number of carbonyl (C=O) groups excluding carboxylic acids is 1. The molecular formula is C17H15F3N6O2. The van der Waals surface area contributed by atoms with E-state index in [4.69, 9.17) is 4.74 Å². The zero-order valence-electron chi connectivity index (χ0n) is 14.4. The summed E-state index contributed by atoms with van der Waals surface area (Å²) in [5.41, 5.74) is 1.86.